The number of aliphatic carboxylic acids is 1. The summed E-state index contributed by atoms with van der Waals surface area (Å²) >= 11 is 1.50. The fraction of sp³-hybridized carbons (Fsp3) is 0.350. The number of rotatable bonds is 7. The fourth-order valence-corrected chi connectivity index (χ4v) is 3.61. The molecule has 0 bridgehead atoms. The van der Waals surface area contributed by atoms with Gasteiger partial charge in [-0.1, -0.05) is 0 Å². The summed E-state index contributed by atoms with van der Waals surface area (Å²) in [5.41, 5.74) is 2.21. The van der Waals surface area contributed by atoms with Crippen molar-refractivity contribution in [3.8, 4) is 0 Å². The zero-order valence-electron chi connectivity index (χ0n) is 15.8. The average molecular weight is 403 g/mol. The minimum absolute atomic E-state index is 0.222. The number of carbonyl (C=O) groups excluding carboxylic acids is 1. The highest BCUT2D eigenvalue weighted by molar-refractivity contribution is 7.98. The zero-order chi connectivity index (χ0) is 20.4. The van der Waals surface area contributed by atoms with Gasteiger partial charge < -0.3 is 19.3 Å². The normalized spacial score (nSPS) is 12.4. The van der Waals surface area contributed by atoms with E-state index < -0.39 is 23.5 Å². The number of carbonyl (C=O) groups is 2. The van der Waals surface area contributed by atoms with Gasteiger partial charge in [-0.2, -0.15) is 11.8 Å². The highest BCUT2D eigenvalue weighted by atomic mass is 32.2. The minimum Gasteiger partial charge on any atom is -0.480 e. The standard InChI is InChI=1S/C20H21NO6S/c1-10-9-26-16-8-17-13(6-12(10)16)11(2)14(20(25)27-17)7-18(22)21-15(19(23)24)4-5-28-3/h6,8-9,15H,4-5,7H2,1-3H3,(H,21,22)(H,23,24). The molecule has 0 saturated carbocycles. The lowest BCUT2D eigenvalue weighted by Crippen LogP contribution is -2.42. The Balaban J connectivity index is 1.92. The van der Waals surface area contributed by atoms with Crippen molar-refractivity contribution >= 4 is 45.6 Å². The Morgan fingerprint density at radius 1 is 1.21 bits per heavy atom. The van der Waals surface area contributed by atoms with Gasteiger partial charge >= 0.3 is 11.6 Å². The zero-order valence-corrected chi connectivity index (χ0v) is 16.6. The van der Waals surface area contributed by atoms with Crippen molar-refractivity contribution in [3.63, 3.8) is 0 Å². The van der Waals surface area contributed by atoms with Crippen molar-refractivity contribution in [3.05, 3.63) is 45.5 Å². The van der Waals surface area contributed by atoms with E-state index in [4.69, 9.17) is 8.83 Å². The second-order valence-electron chi connectivity index (χ2n) is 6.67. The van der Waals surface area contributed by atoms with E-state index in [0.717, 1.165) is 16.3 Å². The number of carboxylic acid groups (broad SMARTS) is 1. The molecule has 1 unspecified atom stereocenters. The largest absolute Gasteiger partial charge is 0.480 e. The molecule has 2 aromatic heterocycles. The van der Waals surface area contributed by atoms with Crippen molar-refractivity contribution in [1.29, 1.82) is 0 Å². The summed E-state index contributed by atoms with van der Waals surface area (Å²) in [6, 6.07) is 2.56. The minimum atomic E-state index is -1.09. The molecule has 1 amide bonds. The molecule has 0 radical (unpaired) electrons. The van der Waals surface area contributed by atoms with Crippen LogP contribution in [0.15, 0.2) is 32.0 Å². The lowest BCUT2D eigenvalue weighted by atomic mass is 10.0. The van der Waals surface area contributed by atoms with Crippen LogP contribution in [0.5, 0.6) is 0 Å². The number of aryl methyl sites for hydroxylation is 2. The number of amides is 1. The van der Waals surface area contributed by atoms with Crippen LogP contribution in [-0.2, 0) is 16.0 Å². The molecule has 0 aliphatic heterocycles. The van der Waals surface area contributed by atoms with E-state index in [1.54, 1.807) is 19.3 Å². The second kappa shape index (κ2) is 8.10. The second-order valence-corrected chi connectivity index (χ2v) is 7.66. The third-order valence-electron chi connectivity index (χ3n) is 4.76. The van der Waals surface area contributed by atoms with Gasteiger partial charge in [0.15, 0.2) is 0 Å². The summed E-state index contributed by atoms with van der Waals surface area (Å²) in [5.74, 6) is -1.01. The predicted molar refractivity (Wildman–Crippen MR) is 108 cm³/mol. The van der Waals surface area contributed by atoms with Gasteiger partial charge in [0.25, 0.3) is 0 Å². The van der Waals surface area contributed by atoms with E-state index in [2.05, 4.69) is 5.32 Å². The topological polar surface area (TPSA) is 110 Å². The predicted octanol–water partition coefficient (Wildman–Crippen LogP) is 3.02. The fourth-order valence-electron chi connectivity index (χ4n) is 3.14. The van der Waals surface area contributed by atoms with E-state index in [1.165, 1.54) is 11.8 Å². The maximum Gasteiger partial charge on any atom is 0.340 e. The van der Waals surface area contributed by atoms with Gasteiger partial charge in [-0.25, -0.2) is 9.59 Å². The number of hydrogen-bond donors (Lipinski definition) is 2. The van der Waals surface area contributed by atoms with E-state index in [1.807, 2.05) is 19.2 Å². The first-order valence-corrected chi connectivity index (χ1v) is 10.2. The molecule has 3 aromatic rings. The van der Waals surface area contributed by atoms with Gasteiger partial charge in [0, 0.05) is 16.8 Å². The van der Waals surface area contributed by atoms with Crippen LogP contribution in [0.1, 0.15) is 23.1 Å². The number of benzene rings is 1. The maximum absolute atomic E-state index is 12.4. The number of carboxylic acids is 1. The van der Waals surface area contributed by atoms with Crippen LogP contribution in [0.25, 0.3) is 21.9 Å². The lowest BCUT2D eigenvalue weighted by molar-refractivity contribution is -0.141. The quantitative estimate of drug-likeness (QED) is 0.584. The first-order valence-electron chi connectivity index (χ1n) is 8.77. The Kier molecular flexibility index (Phi) is 5.79. The molecular weight excluding hydrogens is 382 g/mol. The summed E-state index contributed by atoms with van der Waals surface area (Å²) in [4.78, 5) is 36.1. The monoisotopic (exact) mass is 403 g/mol. The Morgan fingerprint density at radius 3 is 2.64 bits per heavy atom. The maximum atomic E-state index is 12.4. The van der Waals surface area contributed by atoms with E-state index >= 15 is 0 Å². The van der Waals surface area contributed by atoms with Crippen LogP contribution in [0, 0.1) is 13.8 Å². The van der Waals surface area contributed by atoms with Crippen molar-refractivity contribution < 1.29 is 23.5 Å². The molecule has 1 aromatic carbocycles. The number of hydrogen-bond acceptors (Lipinski definition) is 6. The molecule has 0 aliphatic carbocycles. The summed E-state index contributed by atoms with van der Waals surface area (Å²) in [6.45, 7) is 3.67. The summed E-state index contributed by atoms with van der Waals surface area (Å²) in [5, 5.41) is 13.4. The van der Waals surface area contributed by atoms with Gasteiger partial charge in [-0.05, 0) is 49.5 Å². The molecule has 0 fully saturated rings. The molecule has 148 valence electrons. The molecular formula is C20H21NO6S. The summed E-state index contributed by atoms with van der Waals surface area (Å²) in [6.07, 6.45) is 3.57. The van der Waals surface area contributed by atoms with E-state index in [-0.39, 0.29) is 12.0 Å². The van der Waals surface area contributed by atoms with Crippen LogP contribution in [0.4, 0.5) is 0 Å². The molecule has 7 nitrogen and oxygen atoms in total. The molecule has 2 heterocycles. The molecule has 3 rings (SSSR count). The number of nitrogens with one attached hydrogen (secondary N) is 1. The Morgan fingerprint density at radius 2 is 1.96 bits per heavy atom. The smallest absolute Gasteiger partial charge is 0.340 e. The highest BCUT2D eigenvalue weighted by Gasteiger charge is 2.22. The first-order chi connectivity index (χ1) is 13.3. The molecule has 2 N–H and O–H groups in total. The Hall–Kier alpha value is -2.74. The summed E-state index contributed by atoms with van der Waals surface area (Å²) in [7, 11) is 0. The number of furan rings is 1. The van der Waals surface area contributed by atoms with Gasteiger partial charge in [-0.3, -0.25) is 4.79 Å². The molecule has 0 saturated heterocycles. The van der Waals surface area contributed by atoms with Crippen LogP contribution in [-0.4, -0.2) is 35.0 Å². The Labute approximate surface area is 165 Å². The molecule has 0 spiro atoms. The third kappa shape index (κ3) is 3.91. The van der Waals surface area contributed by atoms with Gasteiger partial charge in [0.05, 0.1) is 18.2 Å². The Bertz CT molecular complexity index is 1110. The van der Waals surface area contributed by atoms with Gasteiger partial charge in [0.2, 0.25) is 5.91 Å². The SMILES string of the molecule is CSCCC(NC(=O)Cc1c(C)c2cc3c(C)coc3cc2oc1=O)C(=O)O. The van der Waals surface area contributed by atoms with Crippen molar-refractivity contribution in [2.24, 2.45) is 0 Å². The van der Waals surface area contributed by atoms with Crippen molar-refractivity contribution in [2.75, 3.05) is 12.0 Å². The van der Waals surface area contributed by atoms with E-state index in [0.29, 0.717) is 28.9 Å². The van der Waals surface area contributed by atoms with E-state index in [9.17, 15) is 19.5 Å². The molecule has 1 atom stereocenters. The van der Waals surface area contributed by atoms with Crippen molar-refractivity contribution in [2.45, 2.75) is 32.7 Å². The summed E-state index contributed by atoms with van der Waals surface area (Å²) < 4.78 is 10.8. The van der Waals surface area contributed by atoms with Gasteiger partial charge in [0.1, 0.15) is 17.2 Å². The number of fused-ring (bicyclic) bond motifs is 2. The van der Waals surface area contributed by atoms with Crippen LogP contribution >= 0.6 is 11.8 Å². The van der Waals surface area contributed by atoms with Crippen molar-refractivity contribution in [1.82, 2.24) is 5.32 Å². The van der Waals surface area contributed by atoms with Crippen LogP contribution in [0.3, 0.4) is 0 Å². The highest BCUT2D eigenvalue weighted by Crippen LogP contribution is 2.28. The first kappa shape index (κ1) is 20.0. The van der Waals surface area contributed by atoms with Crippen LogP contribution < -0.4 is 10.9 Å². The third-order valence-corrected chi connectivity index (χ3v) is 5.40. The lowest BCUT2D eigenvalue weighted by Gasteiger charge is -2.14. The van der Waals surface area contributed by atoms with Crippen LogP contribution in [0.2, 0.25) is 0 Å². The molecule has 0 aliphatic rings. The average Bonchev–Trinajstić information content (AvgIpc) is 3.00. The molecule has 8 heteroatoms. The van der Waals surface area contributed by atoms with Gasteiger partial charge in [-0.15, -0.1) is 0 Å². The number of thioether (sulfide) groups is 1. The molecule has 28 heavy (non-hydrogen) atoms.